The fraction of sp³-hybridized carbons (Fsp3) is 0.240. The van der Waals surface area contributed by atoms with Gasteiger partial charge < -0.3 is 14.4 Å². The number of rotatable bonds is 7. The molecule has 1 aliphatic heterocycles. The Morgan fingerprint density at radius 1 is 0.974 bits per heavy atom. The van der Waals surface area contributed by atoms with Gasteiger partial charge in [-0.2, -0.15) is 13.5 Å². The molecular formula is C25H21F4N3O5S. The van der Waals surface area contributed by atoms with Crippen LogP contribution < -0.4 is 4.74 Å². The van der Waals surface area contributed by atoms with Crippen molar-refractivity contribution in [2.75, 3.05) is 13.1 Å². The molecule has 0 radical (unpaired) electrons. The molecule has 1 amide bonds. The van der Waals surface area contributed by atoms with Crippen molar-refractivity contribution >= 4 is 16.1 Å². The summed E-state index contributed by atoms with van der Waals surface area (Å²) in [7, 11) is -4.43. The molecular weight excluding hydrogens is 530 g/mol. The van der Waals surface area contributed by atoms with Gasteiger partial charge in [0, 0.05) is 6.54 Å². The number of carbonyl (C=O) groups is 1. The van der Waals surface area contributed by atoms with E-state index >= 15 is 0 Å². The lowest BCUT2D eigenvalue weighted by atomic mass is 9.90. The predicted octanol–water partition coefficient (Wildman–Crippen LogP) is 5.80. The minimum atomic E-state index is -4.93. The highest BCUT2D eigenvalue weighted by Crippen LogP contribution is 2.38. The van der Waals surface area contributed by atoms with E-state index < -0.39 is 44.5 Å². The number of amides is 1. The second-order valence-electron chi connectivity index (χ2n) is 8.43. The normalized spacial score (nSPS) is 18.1. The van der Waals surface area contributed by atoms with Crippen LogP contribution in [0.4, 0.5) is 22.4 Å². The van der Waals surface area contributed by atoms with Crippen molar-refractivity contribution in [2.45, 2.75) is 29.8 Å². The molecule has 3 aromatic rings. The Morgan fingerprint density at radius 2 is 1.63 bits per heavy atom. The van der Waals surface area contributed by atoms with Gasteiger partial charge in [0.25, 0.3) is 10.0 Å². The number of hydrogen-bond donors (Lipinski definition) is 0. The number of nitrogens with zero attached hydrogens (tertiary/aromatic N) is 3. The van der Waals surface area contributed by atoms with E-state index in [0.717, 1.165) is 29.8 Å². The van der Waals surface area contributed by atoms with Crippen LogP contribution in [-0.4, -0.2) is 38.9 Å². The molecule has 1 unspecified atom stereocenters. The number of likely N-dealkylation sites (tertiary alicyclic amines) is 1. The molecule has 4 rings (SSSR count). The van der Waals surface area contributed by atoms with Crippen LogP contribution in [0, 0.1) is 5.82 Å². The molecule has 1 aliphatic rings. The predicted molar refractivity (Wildman–Crippen MR) is 126 cm³/mol. The van der Waals surface area contributed by atoms with Crippen molar-refractivity contribution in [1.82, 2.24) is 4.90 Å². The molecule has 0 bridgehead atoms. The SMILES string of the molecule is O=C(OCc1ccccc1)N1CCC(N=NS(=O)(=O)c2ccc(OC(F)(F)F)cc2)(c2ccc(F)cc2)C1. The van der Waals surface area contributed by atoms with Crippen LogP contribution in [0.25, 0.3) is 0 Å². The van der Waals surface area contributed by atoms with Gasteiger partial charge in [-0.3, -0.25) is 0 Å². The lowest BCUT2D eigenvalue weighted by Gasteiger charge is -2.24. The summed E-state index contributed by atoms with van der Waals surface area (Å²) in [4.78, 5) is 13.6. The third kappa shape index (κ3) is 6.65. The molecule has 0 spiro atoms. The number of ether oxygens (including phenoxy) is 2. The van der Waals surface area contributed by atoms with Crippen LogP contribution in [0.5, 0.6) is 5.75 Å². The van der Waals surface area contributed by atoms with Gasteiger partial charge in [0.05, 0.1) is 11.4 Å². The second-order valence-corrected chi connectivity index (χ2v) is 10.0. The van der Waals surface area contributed by atoms with Crippen LogP contribution in [0.1, 0.15) is 17.5 Å². The topological polar surface area (TPSA) is 97.6 Å². The minimum Gasteiger partial charge on any atom is -0.445 e. The Balaban J connectivity index is 1.55. The fourth-order valence-corrected chi connectivity index (χ4v) is 4.73. The van der Waals surface area contributed by atoms with Gasteiger partial charge in [-0.15, -0.1) is 13.2 Å². The number of carbonyl (C=O) groups excluding carboxylic acids is 1. The van der Waals surface area contributed by atoms with Gasteiger partial charge >= 0.3 is 12.5 Å². The molecule has 1 saturated heterocycles. The zero-order chi connectivity index (χ0) is 27.4. The molecule has 1 fully saturated rings. The Hall–Kier alpha value is -4.00. The number of benzene rings is 3. The van der Waals surface area contributed by atoms with E-state index in [1.54, 1.807) is 24.3 Å². The molecule has 200 valence electrons. The second kappa shape index (κ2) is 10.8. The number of hydrogen-bond acceptors (Lipinski definition) is 6. The molecule has 3 aromatic carbocycles. The molecule has 0 aliphatic carbocycles. The quantitative estimate of drug-likeness (QED) is 0.273. The highest BCUT2D eigenvalue weighted by atomic mass is 32.2. The van der Waals surface area contributed by atoms with Crippen molar-refractivity contribution in [3.8, 4) is 5.75 Å². The van der Waals surface area contributed by atoms with Crippen LogP contribution in [0.2, 0.25) is 0 Å². The van der Waals surface area contributed by atoms with Crippen LogP contribution in [0.3, 0.4) is 0 Å². The van der Waals surface area contributed by atoms with E-state index in [2.05, 4.69) is 14.4 Å². The third-order valence-electron chi connectivity index (χ3n) is 5.79. The Morgan fingerprint density at radius 3 is 2.26 bits per heavy atom. The van der Waals surface area contributed by atoms with Crippen molar-refractivity contribution in [2.24, 2.45) is 9.63 Å². The molecule has 0 aromatic heterocycles. The van der Waals surface area contributed by atoms with Gasteiger partial charge in [0.15, 0.2) is 0 Å². The maximum atomic E-state index is 13.6. The van der Waals surface area contributed by atoms with E-state index in [1.807, 2.05) is 6.07 Å². The minimum absolute atomic E-state index is 0.0314. The third-order valence-corrected chi connectivity index (χ3v) is 6.95. The van der Waals surface area contributed by atoms with Crippen LogP contribution >= 0.6 is 0 Å². The standard InChI is InChI=1S/C25H21F4N3O5S/c26-20-8-6-19(7-9-20)24(14-15-32(17-24)23(33)36-16-18-4-2-1-3-5-18)30-31-38(34,35)22-12-10-21(11-13-22)37-25(27,28)29/h1-13H,14-17H2. The molecule has 0 saturated carbocycles. The highest BCUT2D eigenvalue weighted by Gasteiger charge is 2.43. The van der Waals surface area contributed by atoms with E-state index in [1.165, 1.54) is 29.2 Å². The Labute approximate surface area is 215 Å². The van der Waals surface area contributed by atoms with E-state index in [9.17, 15) is 30.8 Å². The summed E-state index contributed by atoms with van der Waals surface area (Å²) in [5.74, 6) is -1.12. The molecule has 38 heavy (non-hydrogen) atoms. The number of halogens is 4. The van der Waals surface area contributed by atoms with Crippen LogP contribution in [-0.2, 0) is 26.9 Å². The van der Waals surface area contributed by atoms with Crippen molar-refractivity contribution in [3.63, 3.8) is 0 Å². The largest absolute Gasteiger partial charge is 0.573 e. The summed E-state index contributed by atoms with van der Waals surface area (Å²) in [5, 5.41) is 4.09. The average molecular weight is 552 g/mol. The van der Waals surface area contributed by atoms with Crippen LogP contribution in [0.15, 0.2) is 93.4 Å². The smallest absolute Gasteiger partial charge is 0.445 e. The first-order chi connectivity index (χ1) is 18.0. The molecule has 8 nitrogen and oxygen atoms in total. The van der Waals surface area contributed by atoms with Crippen molar-refractivity contribution in [3.05, 3.63) is 95.8 Å². The summed E-state index contributed by atoms with van der Waals surface area (Å²) in [6, 6.07) is 17.7. The zero-order valence-corrected chi connectivity index (χ0v) is 20.5. The number of alkyl halides is 3. The Kier molecular flexibility index (Phi) is 7.67. The lowest BCUT2D eigenvalue weighted by Crippen LogP contribution is -2.33. The monoisotopic (exact) mass is 551 g/mol. The van der Waals surface area contributed by atoms with Crippen molar-refractivity contribution < 1.29 is 40.2 Å². The lowest BCUT2D eigenvalue weighted by molar-refractivity contribution is -0.274. The summed E-state index contributed by atoms with van der Waals surface area (Å²) in [6.07, 6.45) is -5.41. The van der Waals surface area contributed by atoms with Gasteiger partial charge in [-0.1, -0.05) is 47.0 Å². The highest BCUT2D eigenvalue weighted by molar-refractivity contribution is 7.90. The van der Waals surface area contributed by atoms with Gasteiger partial charge in [0.2, 0.25) is 0 Å². The molecule has 0 N–H and O–H groups in total. The maximum absolute atomic E-state index is 13.6. The summed E-state index contributed by atoms with van der Waals surface area (Å²) < 4.78 is 89.0. The number of sulfonamides is 1. The summed E-state index contributed by atoms with van der Waals surface area (Å²) in [6.45, 7) is 0.0981. The Bertz CT molecular complexity index is 1400. The maximum Gasteiger partial charge on any atom is 0.573 e. The summed E-state index contributed by atoms with van der Waals surface area (Å²) in [5.41, 5.74) is -0.126. The van der Waals surface area contributed by atoms with Crippen molar-refractivity contribution in [1.29, 1.82) is 0 Å². The first-order valence-corrected chi connectivity index (χ1v) is 12.7. The average Bonchev–Trinajstić information content (AvgIpc) is 3.32. The van der Waals surface area contributed by atoms with E-state index in [-0.39, 0.29) is 26.1 Å². The van der Waals surface area contributed by atoms with Gasteiger partial charge in [0.1, 0.15) is 23.7 Å². The first-order valence-electron chi connectivity index (χ1n) is 11.2. The van der Waals surface area contributed by atoms with E-state index in [4.69, 9.17) is 4.74 Å². The molecule has 13 heteroatoms. The zero-order valence-electron chi connectivity index (χ0n) is 19.6. The fourth-order valence-electron chi connectivity index (χ4n) is 3.89. The van der Waals surface area contributed by atoms with Gasteiger partial charge in [-0.25, -0.2) is 9.18 Å². The summed E-state index contributed by atoms with van der Waals surface area (Å²) >= 11 is 0. The molecule has 1 heterocycles. The first kappa shape index (κ1) is 27.0. The molecule has 1 atom stereocenters. The van der Waals surface area contributed by atoms with E-state index in [0.29, 0.717) is 5.56 Å². The van der Waals surface area contributed by atoms with Gasteiger partial charge in [-0.05, 0) is 53.9 Å².